The van der Waals surface area contributed by atoms with Crippen molar-refractivity contribution in [1.29, 1.82) is 0 Å². The summed E-state index contributed by atoms with van der Waals surface area (Å²) < 4.78 is 0. The number of rotatable bonds is 3. The van der Waals surface area contributed by atoms with Crippen LogP contribution in [0.5, 0.6) is 0 Å². The van der Waals surface area contributed by atoms with E-state index in [1.54, 1.807) is 0 Å². The van der Waals surface area contributed by atoms with E-state index in [-0.39, 0.29) is 43.0 Å². The Balaban J connectivity index is 0. The zero-order chi connectivity index (χ0) is 7.28. The number of Topliss-reactive ketones (excluding diaryl/α,β-unsaturated/α-hetero) is 1. The first-order chi connectivity index (χ1) is 4.16. The van der Waals surface area contributed by atoms with Crippen molar-refractivity contribution in [3.63, 3.8) is 0 Å². The quantitative estimate of drug-likeness (QED) is 0.434. The molecule has 0 rings (SSSR count). The molecule has 0 saturated carbocycles. The van der Waals surface area contributed by atoms with E-state index in [0.29, 0.717) is 0 Å². The molecule has 0 bridgehead atoms. The van der Waals surface area contributed by atoms with Crippen molar-refractivity contribution in [2.24, 2.45) is 0 Å². The van der Waals surface area contributed by atoms with Crippen molar-refractivity contribution in [2.75, 3.05) is 12.4 Å². The third kappa shape index (κ3) is 8.03. The van der Waals surface area contributed by atoms with Gasteiger partial charge in [0.1, 0.15) is 0 Å². The normalized spacial score (nSPS) is 7.80. The average molecular weight is 158 g/mol. The van der Waals surface area contributed by atoms with Crippen molar-refractivity contribution in [2.45, 2.75) is 6.92 Å². The Labute approximate surface area is 76.7 Å². The van der Waals surface area contributed by atoms with Gasteiger partial charge in [-0.15, -0.1) is 11.6 Å². The van der Waals surface area contributed by atoms with E-state index < -0.39 is 0 Å². The van der Waals surface area contributed by atoms with Gasteiger partial charge in [0.25, 0.3) is 0 Å². The van der Waals surface area contributed by atoms with Crippen molar-refractivity contribution >= 4 is 42.2 Å². The van der Waals surface area contributed by atoms with Gasteiger partial charge in [-0.25, -0.2) is 0 Å². The molecule has 0 atom stereocenters. The fraction of sp³-hybridized carbons (Fsp3) is 0.600. The summed E-state index contributed by atoms with van der Waals surface area (Å²) in [5, 5.41) is 2.32. The molecule has 3 nitrogen and oxygen atoms in total. The summed E-state index contributed by atoms with van der Waals surface area (Å²) in [7, 11) is 0. The van der Waals surface area contributed by atoms with E-state index in [1.165, 1.54) is 6.92 Å². The number of nitrogens with one attached hydrogen (secondary N) is 1. The molecule has 0 aromatic rings. The Morgan fingerprint density at radius 1 is 1.50 bits per heavy atom. The first kappa shape index (κ1) is 12.7. The number of carbonyl (C=O) groups excluding carboxylic acids is 2. The van der Waals surface area contributed by atoms with Gasteiger partial charge in [-0.3, -0.25) is 9.59 Å². The van der Waals surface area contributed by atoms with Gasteiger partial charge in [0.2, 0.25) is 5.91 Å². The van der Waals surface area contributed by atoms with Crippen molar-refractivity contribution in [3.05, 3.63) is 0 Å². The third-order valence-electron chi connectivity index (χ3n) is 0.684. The minimum absolute atomic E-state index is 0. The molecule has 0 heterocycles. The van der Waals surface area contributed by atoms with Crippen LogP contribution in [0.3, 0.4) is 0 Å². The van der Waals surface area contributed by atoms with Crippen LogP contribution in [0, 0.1) is 0 Å². The van der Waals surface area contributed by atoms with Gasteiger partial charge in [-0.05, 0) is 0 Å². The summed E-state index contributed by atoms with van der Waals surface area (Å²) in [5.41, 5.74) is 0. The number of hydrogen-bond acceptors (Lipinski definition) is 2. The molecule has 10 heavy (non-hydrogen) atoms. The van der Waals surface area contributed by atoms with Crippen LogP contribution < -0.4 is 5.32 Å². The SMILES string of the molecule is CC(=O)NCC(=O)CCl.[LiH]. The van der Waals surface area contributed by atoms with Crippen LogP contribution in [0.1, 0.15) is 6.92 Å². The van der Waals surface area contributed by atoms with Crippen molar-refractivity contribution in [1.82, 2.24) is 5.32 Å². The second kappa shape index (κ2) is 7.14. The van der Waals surface area contributed by atoms with E-state index in [4.69, 9.17) is 11.6 Å². The molecule has 54 valence electrons. The summed E-state index contributed by atoms with van der Waals surface area (Å²) in [6.07, 6.45) is 0. The Morgan fingerprint density at radius 3 is 2.30 bits per heavy atom. The molecule has 0 aliphatic carbocycles. The van der Waals surface area contributed by atoms with Crippen LogP contribution in [0.25, 0.3) is 0 Å². The number of ketones is 1. The van der Waals surface area contributed by atoms with Gasteiger partial charge in [0.15, 0.2) is 5.78 Å². The molecule has 0 saturated heterocycles. The second-order valence-electron chi connectivity index (χ2n) is 1.58. The van der Waals surface area contributed by atoms with Crippen LogP contribution >= 0.6 is 11.6 Å². The topological polar surface area (TPSA) is 46.2 Å². The Hall–Kier alpha value is 0.0274. The van der Waals surface area contributed by atoms with Gasteiger partial charge in [0, 0.05) is 6.92 Å². The summed E-state index contributed by atoms with van der Waals surface area (Å²) in [6.45, 7) is 1.39. The predicted octanol–water partition coefficient (Wildman–Crippen LogP) is -0.718. The molecule has 0 spiro atoms. The zero-order valence-electron chi connectivity index (χ0n) is 5.11. The van der Waals surface area contributed by atoms with Gasteiger partial charge in [-0.1, -0.05) is 0 Å². The number of amides is 1. The zero-order valence-corrected chi connectivity index (χ0v) is 5.86. The van der Waals surface area contributed by atoms with E-state index >= 15 is 0 Å². The molecule has 5 heteroatoms. The van der Waals surface area contributed by atoms with Gasteiger partial charge in [-0.2, -0.15) is 0 Å². The van der Waals surface area contributed by atoms with E-state index in [0.717, 1.165) is 0 Å². The number of alkyl halides is 1. The Kier molecular flexibility index (Phi) is 9.05. The third-order valence-corrected chi connectivity index (χ3v) is 0.982. The molecular formula is C5H9ClLiNO2. The molecule has 0 unspecified atom stereocenters. The molecular weight excluding hydrogens is 148 g/mol. The summed E-state index contributed by atoms with van der Waals surface area (Å²) in [6, 6.07) is 0. The van der Waals surface area contributed by atoms with E-state index in [2.05, 4.69) is 5.32 Å². The van der Waals surface area contributed by atoms with E-state index in [9.17, 15) is 9.59 Å². The maximum atomic E-state index is 10.4. The summed E-state index contributed by atoms with van der Waals surface area (Å²) in [5.74, 6) is -0.430. The predicted molar refractivity (Wildman–Crippen MR) is 41.6 cm³/mol. The summed E-state index contributed by atoms with van der Waals surface area (Å²) in [4.78, 5) is 20.5. The van der Waals surface area contributed by atoms with Crippen molar-refractivity contribution in [3.8, 4) is 0 Å². The maximum absolute atomic E-state index is 10.4. The minimum atomic E-state index is -0.214. The second-order valence-corrected chi connectivity index (χ2v) is 1.85. The van der Waals surface area contributed by atoms with Crippen LogP contribution in [-0.2, 0) is 9.59 Å². The monoisotopic (exact) mass is 157 g/mol. The first-order valence-corrected chi connectivity index (χ1v) is 3.02. The Bertz CT molecular complexity index is 129. The number of hydrogen-bond donors (Lipinski definition) is 1. The van der Waals surface area contributed by atoms with Crippen LogP contribution in [0.2, 0.25) is 0 Å². The van der Waals surface area contributed by atoms with Crippen LogP contribution in [-0.4, -0.2) is 43.0 Å². The van der Waals surface area contributed by atoms with Gasteiger partial charge in [0.05, 0.1) is 12.4 Å². The average Bonchev–Trinajstić information content (AvgIpc) is 1.83. The van der Waals surface area contributed by atoms with Crippen LogP contribution in [0.15, 0.2) is 0 Å². The van der Waals surface area contributed by atoms with Crippen molar-refractivity contribution < 1.29 is 9.59 Å². The molecule has 1 amide bonds. The number of carbonyl (C=O) groups is 2. The number of halogens is 1. The fourth-order valence-electron chi connectivity index (χ4n) is 0.270. The first-order valence-electron chi connectivity index (χ1n) is 2.49. The molecule has 0 radical (unpaired) electrons. The molecule has 1 N–H and O–H groups in total. The standard InChI is InChI=1S/C5H8ClNO2.Li.H/c1-4(8)7-3-5(9)2-6;;/h2-3H2,1H3,(H,7,8);;. The molecule has 0 aliphatic rings. The molecule has 0 fully saturated rings. The molecule has 0 aromatic heterocycles. The van der Waals surface area contributed by atoms with E-state index in [1.807, 2.05) is 0 Å². The summed E-state index contributed by atoms with van der Waals surface area (Å²) >= 11 is 5.13. The fourth-order valence-corrected chi connectivity index (χ4v) is 0.365. The van der Waals surface area contributed by atoms with Gasteiger partial charge >= 0.3 is 18.9 Å². The van der Waals surface area contributed by atoms with Gasteiger partial charge < -0.3 is 5.32 Å². The molecule has 0 aromatic carbocycles. The van der Waals surface area contributed by atoms with Crippen LogP contribution in [0.4, 0.5) is 0 Å². The Morgan fingerprint density at radius 2 is 2.00 bits per heavy atom. The molecule has 0 aliphatic heterocycles.